The standard InChI is InChI=1S/C6H13NO/c1-5-4-7-3-2-6(5)8/h5-8H,2-4H2,1H3. The molecule has 1 aliphatic heterocycles. The van der Waals surface area contributed by atoms with Crippen molar-refractivity contribution in [3.05, 3.63) is 0 Å². The summed E-state index contributed by atoms with van der Waals surface area (Å²) in [4.78, 5) is 0. The Hall–Kier alpha value is -0.0800. The third-order valence-corrected chi connectivity index (χ3v) is 1.74. The second-order valence-electron chi connectivity index (χ2n) is 2.54. The first-order chi connectivity index (χ1) is 3.80. The summed E-state index contributed by atoms with van der Waals surface area (Å²) in [7, 11) is 0. The van der Waals surface area contributed by atoms with Crippen LogP contribution in [-0.2, 0) is 0 Å². The normalized spacial score (nSPS) is 39.8. The minimum Gasteiger partial charge on any atom is -0.393 e. The van der Waals surface area contributed by atoms with E-state index in [2.05, 4.69) is 12.2 Å². The first-order valence-electron chi connectivity index (χ1n) is 3.19. The molecule has 0 bridgehead atoms. The molecule has 48 valence electrons. The smallest absolute Gasteiger partial charge is 0.0590 e. The molecular weight excluding hydrogens is 102 g/mol. The lowest BCUT2D eigenvalue weighted by Gasteiger charge is -2.24. The molecule has 0 aromatic heterocycles. The quantitative estimate of drug-likeness (QED) is 0.465. The Bertz CT molecular complexity index is 64.9. The van der Waals surface area contributed by atoms with Gasteiger partial charge in [0.15, 0.2) is 0 Å². The van der Waals surface area contributed by atoms with E-state index >= 15 is 0 Å². The van der Waals surface area contributed by atoms with E-state index in [0.717, 1.165) is 19.5 Å². The second-order valence-corrected chi connectivity index (χ2v) is 2.54. The van der Waals surface area contributed by atoms with Crippen molar-refractivity contribution in [2.24, 2.45) is 5.92 Å². The minimum atomic E-state index is -0.0590. The zero-order valence-electron chi connectivity index (χ0n) is 5.22. The number of aliphatic hydroxyl groups excluding tert-OH is 1. The van der Waals surface area contributed by atoms with E-state index < -0.39 is 0 Å². The summed E-state index contributed by atoms with van der Waals surface area (Å²) in [6, 6.07) is 0. The maximum absolute atomic E-state index is 9.14. The van der Waals surface area contributed by atoms with Crippen LogP contribution < -0.4 is 5.32 Å². The van der Waals surface area contributed by atoms with Crippen LogP contribution >= 0.6 is 0 Å². The monoisotopic (exact) mass is 115 g/mol. The zero-order chi connectivity index (χ0) is 5.98. The molecule has 2 nitrogen and oxygen atoms in total. The zero-order valence-corrected chi connectivity index (χ0v) is 5.22. The summed E-state index contributed by atoms with van der Waals surface area (Å²) in [5, 5.41) is 12.3. The van der Waals surface area contributed by atoms with E-state index in [-0.39, 0.29) is 6.10 Å². The fraction of sp³-hybridized carbons (Fsp3) is 1.00. The fourth-order valence-corrected chi connectivity index (χ4v) is 1.00. The SMILES string of the molecule is CC1CNCCC1O. The number of aliphatic hydroxyl groups is 1. The minimum absolute atomic E-state index is 0.0590. The van der Waals surface area contributed by atoms with Gasteiger partial charge in [0, 0.05) is 6.54 Å². The summed E-state index contributed by atoms with van der Waals surface area (Å²) in [5.74, 6) is 0.448. The van der Waals surface area contributed by atoms with Gasteiger partial charge in [0.05, 0.1) is 6.10 Å². The van der Waals surface area contributed by atoms with Gasteiger partial charge >= 0.3 is 0 Å². The molecule has 2 unspecified atom stereocenters. The molecule has 2 heteroatoms. The summed E-state index contributed by atoms with van der Waals surface area (Å²) >= 11 is 0. The van der Waals surface area contributed by atoms with Crippen molar-refractivity contribution in [3.63, 3.8) is 0 Å². The van der Waals surface area contributed by atoms with Gasteiger partial charge < -0.3 is 10.4 Å². The molecule has 1 fully saturated rings. The van der Waals surface area contributed by atoms with Gasteiger partial charge in [-0.3, -0.25) is 0 Å². The maximum atomic E-state index is 9.14. The predicted molar refractivity (Wildman–Crippen MR) is 32.7 cm³/mol. The largest absolute Gasteiger partial charge is 0.393 e. The molecule has 0 spiro atoms. The van der Waals surface area contributed by atoms with Crippen LogP contribution in [-0.4, -0.2) is 24.3 Å². The molecule has 2 atom stereocenters. The molecule has 1 saturated heterocycles. The lowest BCUT2D eigenvalue weighted by molar-refractivity contribution is 0.0882. The Morgan fingerprint density at radius 3 is 2.75 bits per heavy atom. The van der Waals surface area contributed by atoms with E-state index in [0.29, 0.717) is 5.92 Å². The van der Waals surface area contributed by atoms with Crippen LogP contribution in [0.4, 0.5) is 0 Å². The predicted octanol–water partition coefficient (Wildman–Crippen LogP) is -0.0233. The summed E-state index contributed by atoms with van der Waals surface area (Å²) in [6.45, 7) is 4.02. The number of piperidine rings is 1. The third-order valence-electron chi connectivity index (χ3n) is 1.74. The van der Waals surface area contributed by atoms with Crippen molar-refractivity contribution >= 4 is 0 Å². The average molecular weight is 115 g/mol. The number of hydrogen-bond acceptors (Lipinski definition) is 2. The van der Waals surface area contributed by atoms with Crippen molar-refractivity contribution in [1.29, 1.82) is 0 Å². The highest BCUT2D eigenvalue weighted by atomic mass is 16.3. The van der Waals surface area contributed by atoms with Gasteiger partial charge in [0.1, 0.15) is 0 Å². The van der Waals surface area contributed by atoms with Crippen LogP contribution in [0.2, 0.25) is 0 Å². The molecule has 1 aliphatic rings. The van der Waals surface area contributed by atoms with Gasteiger partial charge in [0.25, 0.3) is 0 Å². The van der Waals surface area contributed by atoms with Crippen LogP contribution in [0, 0.1) is 5.92 Å². The molecule has 1 rings (SSSR count). The van der Waals surface area contributed by atoms with Crippen LogP contribution in [0.5, 0.6) is 0 Å². The Morgan fingerprint density at radius 1 is 1.62 bits per heavy atom. The maximum Gasteiger partial charge on any atom is 0.0590 e. The molecule has 1 heterocycles. The molecule has 0 aliphatic carbocycles. The highest BCUT2D eigenvalue weighted by Gasteiger charge is 2.16. The van der Waals surface area contributed by atoms with Crippen LogP contribution in [0.15, 0.2) is 0 Å². The van der Waals surface area contributed by atoms with E-state index in [1.54, 1.807) is 0 Å². The Balaban J connectivity index is 2.28. The molecule has 0 radical (unpaired) electrons. The highest BCUT2D eigenvalue weighted by molar-refractivity contribution is 4.72. The molecule has 0 aromatic rings. The van der Waals surface area contributed by atoms with Crippen molar-refractivity contribution in [2.45, 2.75) is 19.4 Å². The summed E-state index contributed by atoms with van der Waals surface area (Å²) in [5.41, 5.74) is 0. The van der Waals surface area contributed by atoms with Gasteiger partial charge in [-0.2, -0.15) is 0 Å². The average Bonchev–Trinajstić information content (AvgIpc) is 1.77. The van der Waals surface area contributed by atoms with Gasteiger partial charge in [0.2, 0.25) is 0 Å². The highest BCUT2D eigenvalue weighted by Crippen LogP contribution is 2.08. The number of hydrogen-bond donors (Lipinski definition) is 2. The van der Waals surface area contributed by atoms with E-state index in [4.69, 9.17) is 5.11 Å². The van der Waals surface area contributed by atoms with Crippen molar-refractivity contribution in [3.8, 4) is 0 Å². The van der Waals surface area contributed by atoms with Crippen molar-refractivity contribution < 1.29 is 5.11 Å². The molecule has 0 amide bonds. The third kappa shape index (κ3) is 1.20. The van der Waals surface area contributed by atoms with E-state index in [1.807, 2.05) is 0 Å². The molecule has 2 N–H and O–H groups in total. The molecule has 0 saturated carbocycles. The Kier molecular flexibility index (Phi) is 1.86. The van der Waals surface area contributed by atoms with Gasteiger partial charge in [-0.15, -0.1) is 0 Å². The fourth-order valence-electron chi connectivity index (χ4n) is 1.00. The summed E-state index contributed by atoms with van der Waals surface area (Å²) in [6.07, 6.45) is 0.859. The van der Waals surface area contributed by atoms with Crippen molar-refractivity contribution in [2.75, 3.05) is 13.1 Å². The second kappa shape index (κ2) is 2.46. The lowest BCUT2D eigenvalue weighted by Crippen LogP contribution is -2.38. The molecule has 0 aromatic carbocycles. The Morgan fingerprint density at radius 2 is 2.38 bits per heavy atom. The van der Waals surface area contributed by atoms with Gasteiger partial charge in [-0.1, -0.05) is 6.92 Å². The van der Waals surface area contributed by atoms with Crippen LogP contribution in [0.3, 0.4) is 0 Å². The first-order valence-corrected chi connectivity index (χ1v) is 3.19. The topological polar surface area (TPSA) is 32.3 Å². The van der Waals surface area contributed by atoms with Crippen LogP contribution in [0.25, 0.3) is 0 Å². The van der Waals surface area contributed by atoms with E-state index in [9.17, 15) is 0 Å². The molecule has 8 heavy (non-hydrogen) atoms. The summed E-state index contributed by atoms with van der Waals surface area (Å²) < 4.78 is 0. The first kappa shape index (κ1) is 6.05. The van der Waals surface area contributed by atoms with Crippen molar-refractivity contribution in [1.82, 2.24) is 5.32 Å². The Labute approximate surface area is 49.9 Å². The van der Waals surface area contributed by atoms with Gasteiger partial charge in [-0.05, 0) is 18.9 Å². The lowest BCUT2D eigenvalue weighted by atomic mass is 9.99. The van der Waals surface area contributed by atoms with Gasteiger partial charge in [-0.25, -0.2) is 0 Å². The van der Waals surface area contributed by atoms with Crippen LogP contribution in [0.1, 0.15) is 13.3 Å². The van der Waals surface area contributed by atoms with E-state index in [1.165, 1.54) is 0 Å². The number of nitrogens with one attached hydrogen (secondary N) is 1. The molecular formula is C6H13NO. The number of rotatable bonds is 0.